The Labute approximate surface area is 133 Å². The minimum absolute atomic E-state index is 0.210. The van der Waals surface area contributed by atoms with Crippen molar-refractivity contribution in [2.45, 2.75) is 18.4 Å². The van der Waals surface area contributed by atoms with Crippen LogP contribution in [0.2, 0.25) is 0 Å². The number of halogens is 1. The van der Waals surface area contributed by atoms with Gasteiger partial charge in [-0.25, -0.2) is 8.42 Å². The van der Waals surface area contributed by atoms with Crippen LogP contribution in [-0.2, 0) is 16.6 Å². The third kappa shape index (κ3) is 3.61. The molecule has 0 bridgehead atoms. The first-order valence-electron chi connectivity index (χ1n) is 6.40. The van der Waals surface area contributed by atoms with E-state index in [2.05, 4.69) is 20.9 Å². The van der Waals surface area contributed by atoms with E-state index in [4.69, 9.17) is 5.73 Å². The molecule has 0 spiro atoms. The highest BCUT2D eigenvalue weighted by Crippen LogP contribution is 2.25. The third-order valence-electron chi connectivity index (χ3n) is 3.03. The van der Waals surface area contributed by atoms with Crippen LogP contribution in [0.1, 0.15) is 12.6 Å². The van der Waals surface area contributed by atoms with Gasteiger partial charge in [0.25, 0.3) is 0 Å². The zero-order valence-corrected chi connectivity index (χ0v) is 13.9. The zero-order valence-electron chi connectivity index (χ0n) is 11.5. The Morgan fingerprint density at radius 1 is 1.29 bits per heavy atom. The topological polar surface area (TPSA) is 76.3 Å². The molecule has 7 heteroatoms. The first kappa shape index (κ1) is 15.9. The summed E-state index contributed by atoms with van der Waals surface area (Å²) in [5, 5.41) is 0. The Morgan fingerprint density at radius 2 is 2.05 bits per heavy atom. The van der Waals surface area contributed by atoms with E-state index in [0.29, 0.717) is 22.4 Å². The van der Waals surface area contributed by atoms with Gasteiger partial charge < -0.3 is 5.73 Å². The van der Waals surface area contributed by atoms with E-state index in [0.717, 1.165) is 0 Å². The fourth-order valence-electron chi connectivity index (χ4n) is 1.86. The molecule has 0 saturated carbocycles. The van der Waals surface area contributed by atoms with Crippen molar-refractivity contribution < 1.29 is 8.42 Å². The average Bonchev–Trinajstić information content (AvgIpc) is 2.48. The summed E-state index contributed by atoms with van der Waals surface area (Å²) in [6.45, 7) is 2.40. The minimum Gasteiger partial charge on any atom is -0.398 e. The Kier molecular flexibility index (Phi) is 4.97. The molecular weight excluding hydrogens is 354 g/mol. The minimum atomic E-state index is -3.58. The lowest BCUT2D eigenvalue weighted by Gasteiger charge is -2.20. The van der Waals surface area contributed by atoms with Gasteiger partial charge in [0.15, 0.2) is 0 Å². The second-order valence-electron chi connectivity index (χ2n) is 4.44. The van der Waals surface area contributed by atoms with E-state index < -0.39 is 10.0 Å². The predicted molar refractivity (Wildman–Crippen MR) is 86.1 cm³/mol. The van der Waals surface area contributed by atoms with Crippen molar-refractivity contribution in [1.82, 2.24) is 9.29 Å². The van der Waals surface area contributed by atoms with Crippen molar-refractivity contribution >= 4 is 31.6 Å². The Balaban J connectivity index is 2.33. The maximum Gasteiger partial charge on any atom is 0.243 e. The molecule has 2 aromatic rings. The summed E-state index contributed by atoms with van der Waals surface area (Å²) in [6, 6.07) is 10.0. The number of rotatable bonds is 5. The molecule has 2 N–H and O–H groups in total. The zero-order chi connectivity index (χ0) is 15.5. The lowest BCUT2D eigenvalue weighted by molar-refractivity contribution is 0.419. The van der Waals surface area contributed by atoms with Crippen molar-refractivity contribution in [3.05, 3.63) is 52.8 Å². The average molecular weight is 370 g/mol. The number of pyridine rings is 1. The van der Waals surface area contributed by atoms with Crippen LogP contribution in [0.25, 0.3) is 0 Å². The molecule has 0 fully saturated rings. The molecule has 0 unspecified atom stereocenters. The number of hydrogen-bond donors (Lipinski definition) is 1. The number of anilines is 1. The second kappa shape index (κ2) is 6.55. The number of hydrogen-bond acceptors (Lipinski definition) is 4. The van der Waals surface area contributed by atoms with Crippen molar-refractivity contribution in [2.75, 3.05) is 12.3 Å². The summed E-state index contributed by atoms with van der Waals surface area (Å²) in [5.74, 6) is 0. The molecule has 0 aliphatic rings. The van der Waals surface area contributed by atoms with Gasteiger partial charge in [0, 0.05) is 22.9 Å². The molecule has 1 aromatic carbocycles. The van der Waals surface area contributed by atoms with Gasteiger partial charge in [0.2, 0.25) is 10.0 Å². The van der Waals surface area contributed by atoms with Gasteiger partial charge >= 0.3 is 0 Å². The number of sulfonamides is 1. The summed E-state index contributed by atoms with van der Waals surface area (Å²) in [7, 11) is -3.58. The molecule has 0 aliphatic heterocycles. The Hall–Kier alpha value is -1.44. The fourth-order valence-corrected chi connectivity index (χ4v) is 3.83. The first-order chi connectivity index (χ1) is 9.95. The van der Waals surface area contributed by atoms with E-state index in [1.54, 1.807) is 31.3 Å². The first-order valence-corrected chi connectivity index (χ1v) is 8.63. The number of nitrogen functional groups attached to an aromatic ring is 1. The van der Waals surface area contributed by atoms with Crippen LogP contribution in [0.3, 0.4) is 0 Å². The highest BCUT2D eigenvalue weighted by molar-refractivity contribution is 9.10. The number of aromatic nitrogens is 1. The highest BCUT2D eigenvalue weighted by atomic mass is 79.9. The van der Waals surface area contributed by atoms with E-state index in [1.807, 2.05) is 6.07 Å². The summed E-state index contributed by atoms with van der Waals surface area (Å²) < 4.78 is 27.3. The van der Waals surface area contributed by atoms with E-state index in [-0.39, 0.29) is 11.4 Å². The summed E-state index contributed by atoms with van der Waals surface area (Å²) in [5.41, 5.74) is 6.91. The molecule has 0 atom stereocenters. The normalized spacial score (nSPS) is 11.8. The van der Waals surface area contributed by atoms with Crippen molar-refractivity contribution in [3.8, 4) is 0 Å². The third-order valence-corrected chi connectivity index (χ3v) is 5.63. The molecule has 1 heterocycles. The summed E-state index contributed by atoms with van der Waals surface area (Å²) in [4.78, 5) is 4.38. The summed E-state index contributed by atoms with van der Waals surface area (Å²) >= 11 is 3.26. The number of nitrogens with two attached hydrogens (primary N) is 1. The summed E-state index contributed by atoms with van der Waals surface area (Å²) in [6.07, 6.45) is 1.65. The Bertz CT molecular complexity index is 720. The lowest BCUT2D eigenvalue weighted by Crippen LogP contribution is -2.30. The molecule has 21 heavy (non-hydrogen) atoms. The van der Waals surface area contributed by atoms with Crippen molar-refractivity contribution in [1.29, 1.82) is 0 Å². The van der Waals surface area contributed by atoms with Crippen molar-refractivity contribution in [2.24, 2.45) is 0 Å². The van der Waals surface area contributed by atoms with Crippen LogP contribution >= 0.6 is 15.9 Å². The van der Waals surface area contributed by atoms with Crippen LogP contribution in [0.4, 0.5) is 5.69 Å². The van der Waals surface area contributed by atoms with Gasteiger partial charge in [-0.3, -0.25) is 4.98 Å². The van der Waals surface area contributed by atoms with Crippen LogP contribution in [0, 0.1) is 0 Å². The van der Waals surface area contributed by atoms with E-state index in [9.17, 15) is 8.42 Å². The standard InChI is InChI=1S/C14H16BrN3O2S/c1-2-18(10-11-5-3-4-8-17-11)21(19,20)12-6-7-14(16)13(15)9-12/h3-9H,2,10,16H2,1H3. The van der Waals surface area contributed by atoms with Crippen LogP contribution < -0.4 is 5.73 Å². The smallest absolute Gasteiger partial charge is 0.243 e. The molecule has 5 nitrogen and oxygen atoms in total. The Morgan fingerprint density at radius 3 is 2.62 bits per heavy atom. The number of nitrogens with zero attached hydrogens (tertiary/aromatic N) is 2. The predicted octanol–water partition coefficient (Wildman–Crippen LogP) is 2.64. The molecule has 0 aliphatic carbocycles. The lowest BCUT2D eigenvalue weighted by atomic mass is 10.3. The van der Waals surface area contributed by atoms with Crippen LogP contribution in [-0.4, -0.2) is 24.3 Å². The van der Waals surface area contributed by atoms with Gasteiger partial charge in [-0.05, 0) is 46.3 Å². The molecule has 112 valence electrons. The maximum atomic E-state index is 12.7. The molecule has 1 aromatic heterocycles. The SMILES string of the molecule is CCN(Cc1ccccn1)S(=O)(=O)c1ccc(N)c(Br)c1. The quantitative estimate of drug-likeness (QED) is 0.821. The van der Waals surface area contributed by atoms with Gasteiger partial charge in [0.1, 0.15) is 0 Å². The van der Waals surface area contributed by atoms with Crippen LogP contribution in [0.15, 0.2) is 52.0 Å². The van der Waals surface area contributed by atoms with E-state index >= 15 is 0 Å². The van der Waals surface area contributed by atoms with E-state index in [1.165, 1.54) is 16.4 Å². The number of benzene rings is 1. The molecule has 0 radical (unpaired) electrons. The van der Waals surface area contributed by atoms with Gasteiger partial charge in [-0.15, -0.1) is 0 Å². The monoisotopic (exact) mass is 369 g/mol. The largest absolute Gasteiger partial charge is 0.398 e. The maximum absolute atomic E-state index is 12.7. The molecular formula is C14H16BrN3O2S. The van der Waals surface area contributed by atoms with Crippen LogP contribution in [0.5, 0.6) is 0 Å². The second-order valence-corrected chi connectivity index (χ2v) is 7.23. The molecule has 0 saturated heterocycles. The van der Waals surface area contributed by atoms with Gasteiger partial charge in [0.05, 0.1) is 17.1 Å². The van der Waals surface area contributed by atoms with Gasteiger partial charge in [-0.2, -0.15) is 4.31 Å². The highest BCUT2D eigenvalue weighted by Gasteiger charge is 2.24. The fraction of sp³-hybridized carbons (Fsp3) is 0.214. The molecule has 0 amide bonds. The van der Waals surface area contributed by atoms with Crippen molar-refractivity contribution in [3.63, 3.8) is 0 Å². The van der Waals surface area contributed by atoms with Gasteiger partial charge in [-0.1, -0.05) is 13.0 Å². The molecule has 2 rings (SSSR count).